The van der Waals surface area contributed by atoms with E-state index < -0.39 is 15.8 Å². The summed E-state index contributed by atoms with van der Waals surface area (Å²) < 4.78 is 50.1. The van der Waals surface area contributed by atoms with Crippen LogP contribution < -0.4 is 0 Å². The lowest BCUT2D eigenvalue weighted by molar-refractivity contribution is 0.0164. The lowest BCUT2D eigenvalue weighted by atomic mass is 10.0. The van der Waals surface area contributed by atoms with Gasteiger partial charge in [-0.3, -0.25) is 4.98 Å². The van der Waals surface area contributed by atoms with Gasteiger partial charge in [0.1, 0.15) is 0 Å². The number of aromatic nitrogens is 1. The van der Waals surface area contributed by atoms with Crippen LogP contribution in [0, 0.1) is 6.92 Å². The zero-order chi connectivity index (χ0) is 16.8. The molecule has 3 nitrogen and oxygen atoms in total. The first-order valence-corrected chi connectivity index (χ1v) is 9.12. The van der Waals surface area contributed by atoms with E-state index >= 15 is 0 Å². The Labute approximate surface area is 134 Å². The minimum absolute atomic E-state index is 0.0682. The molecular weight excluding hydrogens is 320 g/mol. The number of pyridine rings is 1. The predicted molar refractivity (Wildman–Crippen MR) is 84.1 cm³/mol. The molecule has 1 aliphatic rings. The molecule has 1 aromatic carbocycles. The fourth-order valence-corrected chi connectivity index (χ4v) is 4.57. The number of hydrogen-bond donors (Lipinski definition) is 0. The quantitative estimate of drug-likeness (QED) is 0.861. The Hall–Kier alpha value is -1.82. The van der Waals surface area contributed by atoms with Crippen molar-refractivity contribution in [2.45, 2.75) is 37.7 Å². The van der Waals surface area contributed by atoms with E-state index in [1.54, 1.807) is 13.0 Å². The maximum Gasteiger partial charge on any atom is 0.272 e. The molecule has 122 valence electrons. The third-order valence-electron chi connectivity index (χ3n) is 4.02. The SMILES string of the molecule is Cc1nc(Cc2ccc3c(c2)CS(=O)(=O)C3)ccc1C(C)(F)F. The van der Waals surface area contributed by atoms with Gasteiger partial charge in [-0.25, -0.2) is 17.2 Å². The van der Waals surface area contributed by atoms with Crippen molar-refractivity contribution in [3.63, 3.8) is 0 Å². The largest absolute Gasteiger partial charge is 0.272 e. The second-order valence-electron chi connectivity index (χ2n) is 6.14. The number of benzene rings is 1. The summed E-state index contributed by atoms with van der Waals surface area (Å²) in [7, 11) is -3.02. The van der Waals surface area contributed by atoms with E-state index in [0.717, 1.165) is 23.6 Å². The summed E-state index contributed by atoms with van der Waals surface area (Å²) in [5.74, 6) is -2.73. The van der Waals surface area contributed by atoms with Crippen LogP contribution in [-0.4, -0.2) is 13.4 Å². The molecule has 0 saturated heterocycles. The summed E-state index contributed by atoms with van der Waals surface area (Å²) in [4.78, 5) is 4.26. The molecule has 23 heavy (non-hydrogen) atoms. The first-order valence-electron chi connectivity index (χ1n) is 7.30. The van der Waals surface area contributed by atoms with Gasteiger partial charge in [0.15, 0.2) is 9.84 Å². The number of rotatable bonds is 3. The second-order valence-corrected chi connectivity index (χ2v) is 8.20. The molecule has 0 saturated carbocycles. The van der Waals surface area contributed by atoms with Crippen LogP contribution in [0.3, 0.4) is 0 Å². The zero-order valence-electron chi connectivity index (χ0n) is 12.9. The summed E-state index contributed by atoms with van der Waals surface area (Å²) in [5.41, 5.74) is 3.55. The fourth-order valence-electron chi connectivity index (χ4n) is 2.97. The zero-order valence-corrected chi connectivity index (χ0v) is 13.8. The number of nitrogens with zero attached hydrogens (tertiary/aromatic N) is 1. The van der Waals surface area contributed by atoms with Gasteiger partial charge in [0.2, 0.25) is 0 Å². The van der Waals surface area contributed by atoms with Crippen LogP contribution >= 0.6 is 0 Å². The van der Waals surface area contributed by atoms with E-state index in [1.807, 2.05) is 18.2 Å². The number of hydrogen-bond acceptors (Lipinski definition) is 3. The maximum atomic E-state index is 13.4. The number of halogens is 2. The Morgan fingerprint density at radius 2 is 1.83 bits per heavy atom. The van der Waals surface area contributed by atoms with E-state index in [4.69, 9.17) is 0 Å². The molecule has 0 N–H and O–H groups in total. The van der Waals surface area contributed by atoms with Crippen LogP contribution in [0.25, 0.3) is 0 Å². The van der Waals surface area contributed by atoms with E-state index in [0.29, 0.717) is 17.8 Å². The van der Waals surface area contributed by atoms with E-state index in [-0.39, 0.29) is 17.1 Å². The minimum Gasteiger partial charge on any atom is -0.257 e. The van der Waals surface area contributed by atoms with Crippen LogP contribution in [0.1, 0.15) is 40.6 Å². The fraction of sp³-hybridized carbons (Fsp3) is 0.353. The van der Waals surface area contributed by atoms with Gasteiger partial charge in [0.25, 0.3) is 5.92 Å². The van der Waals surface area contributed by atoms with Crippen molar-refractivity contribution in [2.75, 3.05) is 0 Å². The Bertz CT molecular complexity index is 871. The molecule has 0 fully saturated rings. The first kappa shape index (κ1) is 16.1. The average molecular weight is 337 g/mol. The number of aryl methyl sites for hydroxylation is 1. The van der Waals surface area contributed by atoms with Crippen molar-refractivity contribution in [1.82, 2.24) is 4.98 Å². The van der Waals surface area contributed by atoms with Gasteiger partial charge in [-0.2, -0.15) is 0 Å². The Morgan fingerprint density at radius 3 is 2.48 bits per heavy atom. The third-order valence-corrected chi connectivity index (χ3v) is 5.52. The first-order chi connectivity index (χ1) is 10.6. The molecule has 0 aliphatic carbocycles. The van der Waals surface area contributed by atoms with Crippen molar-refractivity contribution in [1.29, 1.82) is 0 Å². The van der Waals surface area contributed by atoms with E-state index in [1.165, 1.54) is 6.07 Å². The van der Waals surface area contributed by atoms with Crippen LogP contribution in [-0.2, 0) is 33.7 Å². The van der Waals surface area contributed by atoms with Crippen molar-refractivity contribution in [3.05, 3.63) is 64.0 Å². The molecule has 0 radical (unpaired) electrons. The van der Waals surface area contributed by atoms with Crippen LogP contribution in [0.15, 0.2) is 30.3 Å². The smallest absolute Gasteiger partial charge is 0.257 e. The standard InChI is InChI=1S/C17H17F2NO2S/c1-11-16(17(2,18)19)6-5-15(20-11)8-12-3-4-13-9-23(21,22)10-14(13)7-12/h3-7H,8-10H2,1-2H3. The Kier molecular flexibility index (Phi) is 3.75. The van der Waals surface area contributed by atoms with Gasteiger partial charge in [0, 0.05) is 30.3 Å². The average Bonchev–Trinajstić information content (AvgIpc) is 2.70. The molecule has 2 heterocycles. The highest BCUT2D eigenvalue weighted by Crippen LogP contribution is 2.30. The van der Waals surface area contributed by atoms with Crippen molar-refractivity contribution < 1.29 is 17.2 Å². The molecule has 0 unspecified atom stereocenters. The Morgan fingerprint density at radius 1 is 1.13 bits per heavy atom. The monoisotopic (exact) mass is 337 g/mol. The van der Waals surface area contributed by atoms with Gasteiger partial charge in [-0.15, -0.1) is 0 Å². The minimum atomic E-state index is -3.02. The summed E-state index contributed by atoms with van der Waals surface area (Å²) in [6, 6.07) is 8.59. The van der Waals surface area contributed by atoms with Gasteiger partial charge in [-0.05, 0) is 35.7 Å². The third kappa shape index (κ3) is 3.42. The van der Waals surface area contributed by atoms with Crippen LogP contribution in [0.2, 0.25) is 0 Å². The topological polar surface area (TPSA) is 47.0 Å². The molecule has 3 rings (SSSR count). The van der Waals surface area contributed by atoms with Crippen molar-refractivity contribution in [2.24, 2.45) is 0 Å². The Balaban J connectivity index is 1.85. The molecular formula is C17H17F2NO2S. The molecule has 1 aromatic heterocycles. The highest BCUT2D eigenvalue weighted by Gasteiger charge is 2.27. The second kappa shape index (κ2) is 5.37. The van der Waals surface area contributed by atoms with Crippen LogP contribution in [0.5, 0.6) is 0 Å². The number of sulfone groups is 1. The lowest BCUT2D eigenvalue weighted by Crippen LogP contribution is -2.11. The highest BCUT2D eigenvalue weighted by atomic mass is 32.2. The van der Waals surface area contributed by atoms with E-state index in [9.17, 15) is 17.2 Å². The van der Waals surface area contributed by atoms with Gasteiger partial charge in [-0.1, -0.05) is 18.2 Å². The van der Waals surface area contributed by atoms with Gasteiger partial charge >= 0.3 is 0 Å². The highest BCUT2D eigenvalue weighted by molar-refractivity contribution is 7.90. The maximum absolute atomic E-state index is 13.4. The lowest BCUT2D eigenvalue weighted by Gasteiger charge is -2.14. The molecule has 0 bridgehead atoms. The molecule has 0 spiro atoms. The summed E-state index contributed by atoms with van der Waals surface area (Å²) in [6.07, 6.45) is 0.490. The number of alkyl halides is 2. The predicted octanol–water partition coefficient (Wildman–Crippen LogP) is 3.52. The molecule has 2 aromatic rings. The van der Waals surface area contributed by atoms with Crippen molar-refractivity contribution >= 4 is 9.84 Å². The molecule has 0 amide bonds. The molecule has 6 heteroatoms. The molecule has 0 atom stereocenters. The summed E-state index contributed by atoms with van der Waals surface area (Å²) >= 11 is 0. The number of fused-ring (bicyclic) bond motifs is 1. The van der Waals surface area contributed by atoms with E-state index in [2.05, 4.69) is 4.98 Å². The normalized spacial score (nSPS) is 16.3. The van der Waals surface area contributed by atoms with Gasteiger partial charge < -0.3 is 0 Å². The van der Waals surface area contributed by atoms with Crippen LogP contribution in [0.4, 0.5) is 8.78 Å². The summed E-state index contributed by atoms with van der Waals surface area (Å²) in [6.45, 7) is 2.43. The summed E-state index contributed by atoms with van der Waals surface area (Å²) in [5, 5.41) is 0. The molecule has 1 aliphatic heterocycles. The van der Waals surface area contributed by atoms with Gasteiger partial charge in [0.05, 0.1) is 11.5 Å². The van der Waals surface area contributed by atoms with Crippen molar-refractivity contribution in [3.8, 4) is 0 Å².